The molecule has 1 aromatic carbocycles. The van der Waals surface area contributed by atoms with Crippen LogP contribution in [0.15, 0.2) is 48.8 Å². The van der Waals surface area contributed by atoms with Gasteiger partial charge in [-0.2, -0.15) is 8.78 Å². The molecule has 0 amide bonds. The number of rotatable bonds is 2. The highest BCUT2D eigenvalue weighted by Gasteiger charge is 2.33. The largest absolute Gasteiger partial charge is 0.399 e. The van der Waals surface area contributed by atoms with Crippen LogP contribution < -0.4 is 5.73 Å². The summed E-state index contributed by atoms with van der Waals surface area (Å²) in [6, 6.07) is 8.19. The van der Waals surface area contributed by atoms with Gasteiger partial charge in [0.2, 0.25) is 0 Å². The van der Waals surface area contributed by atoms with Crippen molar-refractivity contribution in [3.63, 3.8) is 0 Å². The number of pyridine rings is 1. The summed E-state index contributed by atoms with van der Waals surface area (Å²) in [5.74, 6) is -3.02. The average molecular weight is 220 g/mol. The molecule has 2 nitrogen and oxygen atoms in total. The van der Waals surface area contributed by atoms with E-state index in [4.69, 9.17) is 5.73 Å². The van der Waals surface area contributed by atoms with Crippen LogP contribution in [0.4, 0.5) is 14.5 Å². The Morgan fingerprint density at radius 3 is 1.94 bits per heavy atom. The van der Waals surface area contributed by atoms with Crippen molar-refractivity contribution in [2.45, 2.75) is 5.92 Å². The molecule has 0 unspecified atom stereocenters. The van der Waals surface area contributed by atoms with Crippen molar-refractivity contribution in [2.75, 3.05) is 5.73 Å². The molecule has 2 aromatic rings. The van der Waals surface area contributed by atoms with E-state index < -0.39 is 5.92 Å². The second-order valence-corrected chi connectivity index (χ2v) is 3.43. The van der Waals surface area contributed by atoms with E-state index in [1.807, 2.05) is 0 Å². The van der Waals surface area contributed by atoms with E-state index >= 15 is 0 Å². The maximum atomic E-state index is 14.0. The van der Waals surface area contributed by atoms with Crippen LogP contribution in [0.3, 0.4) is 0 Å². The van der Waals surface area contributed by atoms with E-state index in [2.05, 4.69) is 4.98 Å². The Kier molecular flexibility index (Phi) is 2.56. The first-order valence-electron chi connectivity index (χ1n) is 4.75. The van der Waals surface area contributed by atoms with Crippen LogP contribution in [0.25, 0.3) is 0 Å². The molecule has 0 aliphatic heterocycles. The van der Waals surface area contributed by atoms with Crippen molar-refractivity contribution < 1.29 is 8.78 Å². The minimum atomic E-state index is -3.02. The van der Waals surface area contributed by atoms with Crippen LogP contribution >= 0.6 is 0 Å². The lowest BCUT2D eigenvalue weighted by Gasteiger charge is -2.16. The highest BCUT2D eigenvalue weighted by Crippen LogP contribution is 2.35. The van der Waals surface area contributed by atoms with Gasteiger partial charge in [-0.1, -0.05) is 12.1 Å². The number of nitrogen functional groups attached to an aromatic ring is 1. The van der Waals surface area contributed by atoms with Crippen molar-refractivity contribution in [2.24, 2.45) is 0 Å². The number of benzene rings is 1. The molecule has 0 spiro atoms. The van der Waals surface area contributed by atoms with Gasteiger partial charge < -0.3 is 5.73 Å². The SMILES string of the molecule is Nc1ccc(C(F)(F)c2ccncc2)cc1. The minimum Gasteiger partial charge on any atom is -0.399 e. The van der Waals surface area contributed by atoms with Crippen molar-refractivity contribution in [1.82, 2.24) is 4.98 Å². The van der Waals surface area contributed by atoms with E-state index in [0.717, 1.165) is 0 Å². The summed E-state index contributed by atoms with van der Waals surface area (Å²) in [5.41, 5.74) is 5.77. The monoisotopic (exact) mass is 220 g/mol. The zero-order chi connectivity index (χ0) is 11.6. The molecule has 16 heavy (non-hydrogen) atoms. The Hall–Kier alpha value is -1.97. The van der Waals surface area contributed by atoms with Gasteiger partial charge in [-0.15, -0.1) is 0 Å². The first-order chi connectivity index (χ1) is 7.60. The molecule has 0 bridgehead atoms. The van der Waals surface area contributed by atoms with E-state index in [-0.39, 0.29) is 11.1 Å². The van der Waals surface area contributed by atoms with Gasteiger partial charge in [0.05, 0.1) is 0 Å². The number of nitrogens with two attached hydrogens (primary N) is 1. The fraction of sp³-hybridized carbons (Fsp3) is 0.0833. The summed E-state index contributed by atoms with van der Waals surface area (Å²) in [5, 5.41) is 0. The number of nitrogens with zero attached hydrogens (tertiary/aromatic N) is 1. The van der Waals surface area contributed by atoms with Crippen LogP contribution in [-0.4, -0.2) is 4.98 Å². The zero-order valence-corrected chi connectivity index (χ0v) is 8.40. The van der Waals surface area contributed by atoms with Crippen LogP contribution in [0, 0.1) is 0 Å². The second-order valence-electron chi connectivity index (χ2n) is 3.43. The van der Waals surface area contributed by atoms with Gasteiger partial charge in [-0.25, -0.2) is 0 Å². The molecule has 0 fully saturated rings. The molecule has 1 heterocycles. The lowest BCUT2D eigenvalue weighted by molar-refractivity contribution is 0.0428. The fourth-order valence-electron chi connectivity index (χ4n) is 1.42. The molecule has 0 aliphatic carbocycles. The first-order valence-corrected chi connectivity index (χ1v) is 4.75. The number of alkyl halides is 2. The maximum absolute atomic E-state index is 14.0. The number of hydrogen-bond acceptors (Lipinski definition) is 2. The zero-order valence-electron chi connectivity index (χ0n) is 8.40. The summed E-state index contributed by atoms with van der Waals surface area (Å²) >= 11 is 0. The molecular formula is C12H10F2N2. The molecule has 4 heteroatoms. The van der Waals surface area contributed by atoms with Crippen molar-refractivity contribution in [3.8, 4) is 0 Å². The molecule has 1 aromatic heterocycles. The highest BCUT2D eigenvalue weighted by molar-refractivity contribution is 5.42. The van der Waals surface area contributed by atoms with E-state index in [1.54, 1.807) is 0 Å². The topological polar surface area (TPSA) is 38.9 Å². The van der Waals surface area contributed by atoms with Gasteiger partial charge in [0.1, 0.15) is 0 Å². The lowest BCUT2D eigenvalue weighted by atomic mass is 10.0. The number of hydrogen-bond donors (Lipinski definition) is 1. The van der Waals surface area contributed by atoms with E-state index in [0.29, 0.717) is 5.69 Å². The lowest BCUT2D eigenvalue weighted by Crippen LogP contribution is -2.15. The molecule has 0 aliphatic rings. The van der Waals surface area contributed by atoms with Crippen LogP contribution in [0.1, 0.15) is 11.1 Å². The third kappa shape index (κ3) is 1.86. The summed E-state index contributed by atoms with van der Waals surface area (Å²) in [7, 11) is 0. The van der Waals surface area contributed by atoms with Crippen molar-refractivity contribution in [3.05, 3.63) is 59.9 Å². The summed E-state index contributed by atoms with van der Waals surface area (Å²) in [6.45, 7) is 0. The van der Waals surface area contributed by atoms with Crippen LogP contribution in [0.5, 0.6) is 0 Å². The number of anilines is 1. The number of aromatic nitrogens is 1. The van der Waals surface area contributed by atoms with Crippen molar-refractivity contribution in [1.29, 1.82) is 0 Å². The summed E-state index contributed by atoms with van der Waals surface area (Å²) in [4.78, 5) is 3.71. The maximum Gasteiger partial charge on any atom is 0.298 e. The Bertz CT molecular complexity index is 466. The fourth-order valence-corrected chi connectivity index (χ4v) is 1.42. The van der Waals surface area contributed by atoms with Gasteiger partial charge in [0.15, 0.2) is 0 Å². The van der Waals surface area contributed by atoms with Gasteiger partial charge in [-0.3, -0.25) is 4.98 Å². The summed E-state index contributed by atoms with van der Waals surface area (Å²) < 4.78 is 27.9. The van der Waals surface area contributed by atoms with Crippen LogP contribution in [0.2, 0.25) is 0 Å². The minimum absolute atomic E-state index is 0.0760. The van der Waals surface area contributed by atoms with Gasteiger partial charge >= 0.3 is 0 Å². The standard InChI is InChI=1S/C12H10F2N2/c13-12(14,10-5-7-16-8-6-10)9-1-3-11(15)4-2-9/h1-8H,15H2. The number of halogens is 2. The Balaban J connectivity index is 2.43. The van der Waals surface area contributed by atoms with Gasteiger partial charge in [0.25, 0.3) is 5.92 Å². The van der Waals surface area contributed by atoms with E-state index in [9.17, 15) is 8.78 Å². The first kappa shape index (κ1) is 10.5. The van der Waals surface area contributed by atoms with Gasteiger partial charge in [0, 0.05) is 29.2 Å². The predicted octanol–water partition coefficient (Wildman–Crippen LogP) is 2.80. The second kappa shape index (κ2) is 3.89. The molecule has 0 saturated heterocycles. The highest BCUT2D eigenvalue weighted by atomic mass is 19.3. The third-order valence-corrected chi connectivity index (χ3v) is 2.32. The average Bonchev–Trinajstić information content (AvgIpc) is 2.31. The smallest absolute Gasteiger partial charge is 0.298 e. The molecule has 2 N–H and O–H groups in total. The third-order valence-electron chi connectivity index (χ3n) is 2.32. The molecular weight excluding hydrogens is 210 g/mol. The predicted molar refractivity (Wildman–Crippen MR) is 58.1 cm³/mol. The van der Waals surface area contributed by atoms with Crippen LogP contribution in [-0.2, 0) is 5.92 Å². The quantitative estimate of drug-likeness (QED) is 0.790. The molecule has 0 atom stereocenters. The Morgan fingerprint density at radius 1 is 0.875 bits per heavy atom. The molecule has 82 valence electrons. The van der Waals surface area contributed by atoms with Gasteiger partial charge in [-0.05, 0) is 24.3 Å². The Labute approximate surface area is 91.7 Å². The summed E-state index contributed by atoms with van der Waals surface area (Å²) in [6.07, 6.45) is 2.70. The molecule has 0 saturated carbocycles. The molecule has 2 rings (SSSR count). The normalized spacial score (nSPS) is 11.4. The Morgan fingerprint density at radius 2 is 1.38 bits per heavy atom. The van der Waals surface area contributed by atoms with Crippen molar-refractivity contribution >= 4 is 5.69 Å². The van der Waals surface area contributed by atoms with E-state index in [1.165, 1.54) is 48.8 Å². The molecule has 0 radical (unpaired) electrons.